The van der Waals surface area contributed by atoms with E-state index in [9.17, 15) is 9.59 Å². The predicted octanol–water partition coefficient (Wildman–Crippen LogP) is 3.15. The van der Waals surface area contributed by atoms with Gasteiger partial charge in [-0.15, -0.1) is 11.8 Å². The highest BCUT2D eigenvalue weighted by atomic mass is 32.2. The second-order valence-electron chi connectivity index (χ2n) is 8.95. The highest BCUT2D eigenvalue weighted by molar-refractivity contribution is 7.99. The Labute approximate surface area is 207 Å². The Bertz CT molecular complexity index is 1350. The number of H-pyrrole nitrogens is 1. The van der Waals surface area contributed by atoms with Crippen molar-refractivity contribution in [3.05, 3.63) is 80.4 Å². The van der Waals surface area contributed by atoms with Gasteiger partial charge >= 0.3 is 0 Å². The van der Waals surface area contributed by atoms with E-state index in [1.807, 2.05) is 30.3 Å². The normalized spacial score (nSPS) is 16.1. The van der Waals surface area contributed by atoms with E-state index in [0.717, 1.165) is 53.2 Å². The van der Waals surface area contributed by atoms with Crippen molar-refractivity contribution >= 4 is 34.2 Å². The molecule has 0 bridgehead atoms. The zero-order valence-corrected chi connectivity index (χ0v) is 20.4. The molecule has 1 atom stereocenters. The molecule has 4 aromatic rings. The van der Waals surface area contributed by atoms with Gasteiger partial charge in [0.2, 0.25) is 0 Å². The summed E-state index contributed by atoms with van der Waals surface area (Å²) >= 11 is 1.66. The summed E-state index contributed by atoms with van der Waals surface area (Å²) in [5.74, 6) is 1.52. The Morgan fingerprint density at radius 1 is 1.17 bits per heavy atom. The van der Waals surface area contributed by atoms with E-state index < -0.39 is 10.9 Å². The summed E-state index contributed by atoms with van der Waals surface area (Å²) in [5.41, 5.74) is 7.68. The van der Waals surface area contributed by atoms with Crippen LogP contribution in [-0.2, 0) is 4.74 Å². The predicted molar refractivity (Wildman–Crippen MR) is 141 cm³/mol. The molecule has 0 saturated carbocycles. The monoisotopic (exact) mass is 491 g/mol. The fourth-order valence-corrected chi connectivity index (χ4v) is 5.24. The minimum absolute atomic E-state index is 0.0294. The summed E-state index contributed by atoms with van der Waals surface area (Å²) in [6, 6.07) is 16.3. The van der Waals surface area contributed by atoms with E-state index in [4.69, 9.17) is 15.5 Å². The molecule has 1 aliphatic rings. The fraction of sp³-hybridized carbons (Fsp3) is 0.346. The number of thioether (sulfide) groups is 1. The highest BCUT2D eigenvalue weighted by Crippen LogP contribution is 2.32. The van der Waals surface area contributed by atoms with Gasteiger partial charge in [-0.3, -0.25) is 9.59 Å². The van der Waals surface area contributed by atoms with Crippen molar-refractivity contribution in [2.45, 2.75) is 29.9 Å². The largest absolute Gasteiger partial charge is 0.394 e. The molecule has 182 valence electrons. The lowest BCUT2D eigenvalue weighted by molar-refractivity contribution is -0.0264. The van der Waals surface area contributed by atoms with E-state index >= 15 is 0 Å². The summed E-state index contributed by atoms with van der Waals surface area (Å²) in [5, 5.41) is 2.97. The van der Waals surface area contributed by atoms with E-state index in [0.29, 0.717) is 12.3 Å². The molecule has 4 N–H and O–H groups in total. The molecule has 2 heterocycles. The first-order valence-corrected chi connectivity index (χ1v) is 12.8. The van der Waals surface area contributed by atoms with Gasteiger partial charge in [-0.2, -0.15) is 0 Å². The quantitative estimate of drug-likeness (QED) is 0.186. The van der Waals surface area contributed by atoms with Crippen LogP contribution in [0.1, 0.15) is 30.3 Å². The van der Waals surface area contributed by atoms with Gasteiger partial charge in [0.25, 0.3) is 10.9 Å². The molecule has 3 aromatic carbocycles. The molecule has 35 heavy (non-hydrogen) atoms. The van der Waals surface area contributed by atoms with E-state index in [-0.39, 0.29) is 23.6 Å². The zero-order valence-electron chi connectivity index (χ0n) is 19.6. The molecule has 5 rings (SSSR count). The van der Waals surface area contributed by atoms with Gasteiger partial charge in [0.15, 0.2) is 0 Å². The molecule has 1 aromatic heterocycles. The molecule has 1 aliphatic heterocycles. The lowest BCUT2D eigenvalue weighted by Gasteiger charge is -2.31. The first-order chi connectivity index (χ1) is 17.0. The number of nitrogens with two attached hydrogens (primary N) is 1. The molecule has 0 radical (unpaired) electrons. The van der Waals surface area contributed by atoms with Crippen molar-refractivity contribution in [2.24, 2.45) is 0 Å². The van der Waals surface area contributed by atoms with Gasteiger partial charge in [0, 0.05) is 30.3 Å². The number of anilines is 2. The molecule has 0 amide bonds. The second-order valence-corrected chi connectivity index (χ2v) is 10.1. The molecule has 0 aliphatic carbocycles. The average molecular weight is 492 g/mol. The van der Waals surface area contributed by atoms with Crippen LogP contribution in [0.3, 0.4) is 0 Å². The number of likely N-dealkylation sites (tertiary alicyclic amines) is 1. The van der Waals surface area contributed by atoms with Crippen molar-refractivity contribution in [1.29, 1.82) is 0 Å². The van der Waals surface area contributed by atoms with Crippen LogP contribution in [0.5, 0.6) is 0 Å². The van der Waals surface area contributed by atoms with Gasteiger partial charge in [-0.1, -0.05) is 24.3 Å². The fourth-order valence-electron chi connectivity index (χ4n) is 4.41. The van der Waals surface area contributed by atoms with Crippen LogP contribution >= 0.6 is 11.8 Å². The maximum Gasteiger partial charge on any atom is 0.253 e. The number of benzene rings is 2. The number of aromatic amines is 1. The number of nitrogen functional groups attached to an aromatic ring is 1. The number of rotatable bonds is 9. The van der Waals surface area contributed by atoms with Crippen LogP contribution in [0.25, 0.3) is 11.0 Å². The number of piperidine rings is 1. The lowest BCUT2D eigenvalue weighted by atomic mass is 10.1. The van der Waals surface area contributed by atoms with Crippen molar-refractivity contribution < 1.29 is 4.74 Å². The third-order valence-electron chi connectivity index (χ3n) is 6.43. The number of nitrogens with one attached hydrogen (secondary N) is 2. The van der Waals surface area contributed by atoms with Gasteiger partial charge in [0.05, 0.1) is 17.1 Å². The Balaban J connectivity index is 1.31. The number of para-hydroxylation sites is 2. The van der Waals surface area contributed by atoms with Crippen LogP contribution in [0, 0.1) is 0 Å². The first kappa shape index (κ1) is 23.6. The molecule has 8 nitrogen and oxygen atoms in total. The summed E-state index contributed by atoms with van der Waals surface area (Å²) in [4.78, 5) is 34.5. The Morgan fingerprint density at radius 2 is 1.97 bits per heavy atom. The summed E-state index contributed by atoms with van der Waals surface area (Å²) < 4.78 is 6.68. The van der Waals surface area contributed by atoms with Crippen LogP contribution < -0.4 is 21.9 Å². The zero-order chi connectivity index (χ0) is 24.4. The summed E-state index contributed by atoms with van der Waals surface area (Å²) in [7, 11) is 2.14. The summed E-state index contributed by atoms with van der Waals surface area (Å²) in [6.45, 7) is 2.58. The van der Waals surface area contributed by atoms with E-state index in [1.54, 1.807) is 11.8 Å². The maximum atomic E-state index is 11.6. The van der Waals surface area contributed by atoms with E-state index in [2.05, 4.69) is 40.4 Å². The number of nitrogens with zero attached hydrogens (tertiary/aromatic N) is 2. The number of fused-ring (bicyclic) bond motifs is 1. The van der Waals surface area contributed by atoms with Crippen molar-refractivity contribution in [2.75, 3.05) is 43.5 Å². The molecule has 0 spiro atoms. The Kier molecular flexibility index (Phi) is 6.90. The minimum atomic E-state index is -0.603. The minimum Gasteiger partial charge on any atom is -0.394 e. The molecule has 9 heteroatoms. The average Bonchev–Trinajstić information content (AvgIpc) is 3.32. The third-order valence-corrected chi connectivity index (χ3v) is 7.43. The molecular formula is C26H29N5O3S. The van der Waals surface area contributed by atoms with Crippen LogP contribution in [-0.4, -0.2) is 53.4 Å². The second kappa shape index (κ2) is 10.2. The molecule has 1 unspecified atom stereocenters. The van der Waals surface area contributed by atoms with Crippen LogP contribution in [0.4, 0.5) is 11.4 Å². The number of hydrogen-bond acceptors (Lipinski definition) is 8. The lowest BCUT2D eigenvalue weighted by Crippen LogP contribution is -2.37. The first-order valence-electron chi connectivity index (χ1n) is 11.8. The van der Waals surface area contributed by atoms with Crippen molar-refractivity contribution in [3.63, 3.8) is 0 Å². The van der Waals surface area contributed by atoms with Crippen molar-refractivity contribution in [3.8, 4) is 0 Å². The Morgan fingerprint density at radius 3 is 2.74 bits per heavy atom. The third kappa shape index (κ3) is 5.12. The van der Waals surface area contributed by atoms with Gasteiger partial charge in [0.1, 0.15) is 23.3 Å². The standard InChI is InChI=1S/C26H29N5O3S/c1-31-12-9-17(10-13-31)34-25(26-29-19-7-2-3-8-20(19)30-26)16-5-4-6-18(15-16)35-14-11-28-22-21(27)23(32)24(22)33/h2-8,15,17,25,28H,9-14,27H2,1H3,(H,29,30). The maximum absolute atomic E-state index is 11.6. The number of hydrogen-bond donors (Lipinski definition) is 3. The van der Waals surface area contributed by atoms with Crippen LogP contribution in [0.2, 0.25) is 0 Å². The number of imidazole rings is 1. The number of aromatic nitrogens is 2. The molecular weight excluding hydrogens is 462 g/mol. The van der Waals surface area contributed by atoms with Crippen molar-refractivity contribution in [1.82, 2.24) is 14.9 Å². The smallest absolute Gasteiger partial charge is 0.253 e. The van der Waals surface area contributed by atoms with Gasteiger partial charge in [-0.05, 0) is 49.7 Å². The van der Waals surface area contributed by atoms with Gasteiger partial charge in [-0.25, -0.2) is 4.98 Å². The Hall–Kier alpha value is -3.14. The van der Waals surface area contributed by atoms with E-state index in [1.165, 1.54) is 0 Å². The molecule has 1 fully saturated rings. The topological polar surface area (TPSA) is 113 Å². The SMILES string of the molecule is CN1CCC(OC(c2cccc(SCCNc3c(N)c(=O)c3=O)c2)c2nc3ccccc3[nH]2)CC1. The number of ether oxygens (including phenoxy) is 1. The summed E-state index contributed by atoms with van der Waals surface area (Å²) in [6.07, 6.45) is 1.87. The van der Waals surface area contributed by atoms with Crippen LogP contribution in [0.15, 0.2) is 63.0 Å². The highest BCUT2D eigenvalue weighted by Gasteiger charge is 2.26. The molecule has 1 saturated heterocycles. The van der Waals surface area contributed by atoms with Gasteiger partial charge < -0.3 is 25.7 Å².